The summed E-state index contributed by atoms with van der Waals surface area (Å²) in [5.74, 6) is -0.743. The predicted molar refractivity (Wildman–Crippen MR) is 72.7 cm³/mol. The van der Waals surface area contributed by atoms with Gasteiger partial charge in [-0.05, 0) is 44.4 Å². The standard InChI is InChI=1S/C15H25NO3/c1-14(2)11(7-8-15(14,3)13(18)19)12(17)16-9-5-4-6-10-16/h11H,4-10H2,1-3H3,(H,18,19)/t11-,15+/m1/s1. The fraction of sp³-hybridized carbons (Fsp3) is 0.867. The number of rotatable bonds is 2. The number of amides is 1. The Kier molecular flexibility index (Phi) is 3.63. The van der Waals surface area contributed by atoms with E-state index in [1.165, 1.54) is 6.42 Å². The van der Waals surface area contributed by atoms with Crippen LogP contribution in [0.4, 0.5) is 0 Å². The maximum absolute atomic E-state index is 12.7. The highest BCUT2D eigenvalue weighted by Gasteiger charge is 2.58. The van der Waals surface area contributed by atoms with Crippen LogP contribution in [0.3, 0.4) is 0 Å². The van der Waals surface area contributed by atoms with Crippen LogP contribution in [0.2, 0.25) is 0 Å². The number of likely N-dealkylation sites (tertiary alicyclic amines) is 1. The zero-order chi connectivity index (χ0) is 14.3. The van der Waals surface area contributed by atoms with Gasteiger partial charge in [0.15, 0.2) is 0 Å². The molecule has 4 heteroatoms. The maximum Gasteiger partial charge on any atom is 0.309 e. The summed E-state index contributed by atoms with van der Waals surface area (Å²) in [6, 6.07) is 0. The van der Waals surface area contributed by atoms with Crippen molar-refractivity contribution in [2.45, 2.75) is 52.9 Å². The van der Waals surface area contributed by atoms with Crippen molar-refractivity contribution in [2.24, 2.45) is 16.7 Å². The molecule has 19 heavy (non-hydrogen) atoms. The molecular formula is C15H25NO3. The van der Waals surface area contributed by atoms with Gasteiger partial charge in [0.05, 0.1) is 5.41 Å². The Morgan fingerprint density at radius 2 is 1.68 bits per heavy atom. The third-order valence-electron chi connectivity index (χ3n) is 5.66. The number of carbonyl (C=O) groups excluding carboxylic acids is 1. The molecule has 1 N–H and O–H groups in total. The van der Waals surface area contributed by atoms with E-state index < -0.39 is 16.8 Å². The lowest BCUT2D eigenvalue weighted by molar-refractivity contribution is -0.156. The minimum atomic E-state index is -0.789. The van der Waals surface area contributed by atoms with Gasteiger partial charge in [-0.15, -0.1) is 0 Å². The topological polar surface area (TPSA) is 57.6 Å². The molecule has 4 nitrogen and oxygen atoms in total. The van der Waals surface area contributed by atoms with Crippen molar-refractivity contribution in [3.05, 3.63) is 0 Å². The van der Waals surface area contributed by atoms with Gasteiger partial charge in [-0.25, -0.2) is 0 Å². The Labute approximate surface area is 115 Å². The Morgan fingerprint density at radius 1 is 1.11 bits per heavy atom. The van der Waals surface area contributed by atoms with E-state index in [4.69, 9.17) is 0 Å². The fourth-order valence-electron chi connectivity index (χ4n) is 3.65. The monoisotopic (exact) mass is 267 g/mol. The van der Waals surface area contributed by atoms with E-state index in [9.17, 15) is 14.7 Å². The molecule has 2 atom stereocenters. The third kappa shape index (κ3) is 2.15. The van der Waals surface area contributed by atoms with Gasteiger partial charge in [0.1, 0.15) is 0 Å². The van der Waals surface area contributed by atoms with Crippen molar-refractivity contribution in [3.63, 3.8) is 0 Å². The Balaban J connectivity index is 2.17. The summed E-state index contributed by atoms with van der Waals surface area (Å²) in [6.45, 7) is 7.37. The van der Waals surface area contributed by atoms with Crippen LogP contribution in [0.25, 0.3) is 0 Å². The molecule has 0 aromatic rings. The largest absolute Gasteiger partial charge is 0.481 e. The van der Waals surface area contributed by atoms with Crippen LogP contribution in [0.15, 0.2) is 0 Å². The number of nitrogens with zero attached hydrogens (tertiary/aromatic N) is 1. The molecule has 2 rings (SSSR count). The third-order valence-corrected chi connectivity index (χ3v) is 5.66. The maximum atomic E-state index is 12.7. The van der Waals surface area contributed by atoms with Gasteiger partial charge < -0.3 is 10.0 Å². The molecule has 0 radical (unpaired) electrons. The predicted octanol–water partition coefficient (Wildman–Crippen LogP) is 2.53. The van der Waals surface area contributed by atoms with Crippen LogP contribution in [-0.4, -0.2) is 35.0 Å². The number of carbonyl (C=O) groups is 2. The van der Waals surface area contributed by atoms with Gasteiger partial charge in [0, 0.05) is 19.0 Å². The molecule has 1 amide bonds. The minimum Gasteiger partial charge on any atom is -0.481 e. The number of hydrogen-bond donors (Lipinski definition) is 1. The summed E-state index contributed by atoms with van der Waals surface area (Å²) in [5.41, 5.74) is -1.27. The first kappa shape index (κ1) is 14.4. The first-order valence-electron chi connectivity index (χ1n) is 7.33. The normalized spacial score (nSPS) is 34.3. The molecule has 2 aliphatic rings. The first-order chi connectivity index (χ1) is 8.80. The Hall–Kier alpha value is -1.06. The van der Waals surface area contributed by atoms with Crippen molar-refractivity contribution >= 4 is 11.9 Å². The molecule has 0 aromatic heterocycles. The van der Waals surface area contributed by atoms with Crippen LogP contribution in [0.5, 0.6) is 0 Å². The average molecular weight is 267 g/mol. The van der Waals surface area contributed by atoms with Crippen LogP contribution in [0.1, 0.15) is 52.9 Å². The molecular weight excluding hydrogens is 242 g/mol. The van der Waals surface area contributed by atoms with E-state index in [0.29, 0.717) is 12.8 Å². The van der Waals surface area contributed by atoms with E-state index in [1.807, 2.05) is 18.7 Å². The minimum absolute atomic E-state index is 0.147. The molecule has 2 fully saturated rings. The second-order valence-electron chi connectivity index (χ2n) is 6.84. The summed E-state index contributed by atoms with van der Waals surface area (Å²) >= 11 is 0. The van der Waals surface area contributed by atoms with Gasteiger partial charge in [-0.3, -0.25) is 9.59 Å². The summed E-state index contributed by atoms with van der Waals surface area (Å²) in [7, 11) is 0. The smallest absolute Gasteiger partial charge is 0.309 e. The highest BCUT2D eigenvalue weighted by molar-refractivity contribution is 5.84. The Bertz CT molecular complexity index is 385. The average Bonchev–Trinajstić information content (AvgIpc) is 2.62. The van der Waals surface area contributed by atoms with Gasteiger partial charge in [-0.1, -0.05) is 13.8 Å². The van der Waals surface area contributed by atoms with Crippen LogP contribution >= 0.6 is 0 Å². The second kappa shape index (κ2) is 4.80. The van der Waals surface area contributed by atoms with Gasteiger partial charge in [0.2, 0.25) is 5.91 Å². The lowest BCUT2D eigenvalue weighted by Gasteiger charge is -2.40. The van der Waals surface area contributed by atoms with E-state index in [1.54, 1.807) is 6.92 Å². The summed E-state index contributed by atoms with van der Waals surface area (Å²) < 4.78 is 0. The van der Waals surface area contributed by atoms with Crippen molar-refractivity contribution in [1.82, 2.24) is 4.90 Å². The van der Waals surface area contributed by atoms with Crippen molar-refractivity contribution < 1.29 is 14.7 Å². The van der Waals surface area contributed by atoms with E-state index in [0.717, 1.165) is 25.9 Å². The molecule has 0 spiro atoms. The summed E-state index contributed by atoms with van der Waals surface area (Å²) in [5, 5.41) is 9.49. The Morgan fingerprint density at radius 3 is 2.16 bits per heavy atom. The molecule has 1 aliphatic heterocycles. The molecule has 1 saturated carbocycles. The van der Waals surface area contributed by atoms with Crippen LogP contribution in [-0.2, 0) is 9.59 Å². The number of piperidine rings is 1. The quantitative estimate of drug-likeness (QED) is 0.836. The SMILES string of the molecule is CC1(C)[C@@H](C(=O)N2CCCCC2)CC[C@@]1(C)C(=O)O. The molecule has 0 bridgehead atoms. The molecule has 1 saturated heterocycles. The molecule has 0 aromatic carbocycles. The molecule has 1 aliphatic carbocycles. The highest BCUT2D eigenvalue weighted by Crippen LogP contribution is 2.56. The van der Waals surface area contributed by atoms with Crippen molar-refractivity contribution in [1.29, 1.82) is 0 Å². The van der Waals surface area contributed by atoms with Gasteiger partial charge in [-0.2, -0.15) is 0 Å². The van der Waals surface area contributed by atoms with E-state index >= 15 is 0 Å². The van der Waals surface area contributed by atoms with Crippen LogP contribution in [0, 0.1) is 16.7 Å². The lowest BCUT2D eigenvalue weighted by atomic mass is 9.65. The zero-order valence-corrected chi connectivity index (χ0v) is 12.2. The molecule has 108 valence electrons. The number of carboxylic acids is 1. The summed E-state index contributed by atoms with van der Waals surface area (Å²) in [4.78, 5) is 26.2. The number of carboxylic acid groups (broad SMARTS) is 1. The summed E-state index contributed by atoms with van der Waals surface area (Å²) in [6.07, 6.45) is 4.65. The fourth-order valence-corrected chi connectivity index (χ4v) is 3.65. The van der Waals surface area contributed by atoms with Gasteiger partial charge >= 0.3 is 5.97 Å². The number of aliphatic carboxylic acids is 1. The second-order valence-corrected chi connectivity index (χ2v) is 6.84. The zero-order valence-electron chi connectivity index (χ0n) is 12.2. The molecule has 1 heterocycles. The van der Waals surface area contributed by atoms with Gasteiger partial charge in [0.25, 0.3) is 0 Å². The van der Waals surface area contributed by atoms with Crippen molar-refractivity contribution in [2.75, 3.05) is 13.1 Å². The van der Waals surface area contributed by atoms with Crippen molar-refractivity contribution in [3.8, 4) is 0 Å². The van der Waals surface area contributed by atoms with E-state index in [2.05, 4.69) is 0 Å². The first-order valence-corrected chi connectivity index (χ1v) is 7.33. The van der Waals surface area contributed by atoms with E-state index in [-0.39, 0.29) is 11.8 Å². The number of hydrogen-bond acceptors (Lipinski definition) is 2. The lowest BCUT2D eigenvalue weighted by Crippen LogP contribution is -2.47. The highest BCUT2D eigenvalue weighted by atomic mass is 16.4. The van der Waals surface area contributed by atoms with Crippen LogP contribution < -0.4 is 0 Å². The molecule has 0 unspecified atom stereocenters.